The molecule has 0 aliphatic carbocycles. The molecule has 1 aliphatic rings. The largest absolute Gasteiger partial charge is 0.508 e. The van der Waals surface area contributed by atoms with Gasteiger partial charge in [0.05, 0.1) is 28.6 Å². The summed E-state index contributed by atoms with van der Waals surface area (Å²) in [6.07, 6.45) is 0. The van der Waals surface area contributed by atoms with Crippen molar-refractivity contribution < 1.29 is 15.0 Å². The molecule has 2 rings (SSSR count). The molecule has 0 unspecified atom stereocenters. The summed E-state index contributed by atoms with van der Waals surface area (Å²) < 4.78 is 0. The molecule has 1 aromatic carbocycles. The monoisotopic (exact) mass is 332 g/mol. The molecular weight excluding hydrogens is 315 g/mol. The van der Waals surface area contributed by atoms with E-state index in [1.807, 2.05) is 4.90 Å². The third-order valence-corrected chi connectivity index (χ3v) is 4.46. The number of nitrogens with one attached hydrogen (secondary N) is 1. The van der Waals surface area contributed by atoms with Crippen molar-refractivity contribution in [3.05, 3.63) is 27.7 Å². The summed E-state index contributed by atoms with van der Waals surface area (Å²) >= 11 is 12.0. The minimum atomic E-state index is -0.435. The van der Waals surface area contributed by atoms with Gasteiger partial charge in [-0.2, -0.15) is 0 Å². The van der Waals surface area contributed by atoms with Gasteiger partial charge in [-0.15, -0.1) is 0 Å². The van der Waals surface area contributed by atoms with E-state index in [-0.39, 0.29) is 29.2 Å². The Labute approximate surface area is 133 Å². The number of carbonyl (C=O) groups is 1. The number of rotatable bonds is 5. The first-order valence-electron chi connectivity index (χ1n) is 6.74. The smallest absolute Gasteiger partial charge is 0.226 e. The summed E-state index contributed by atoms with van der Waals surface area (Å²) in [5.74, 6) is -0.182. The molecule has 21 heavy (non-hydrogen) atoms. The first-order chi connectivity index (χ1) is 9.93. The predicted octanol–water partition coefficient (Wildman–Crippen LogP) is 1.80. The summed E-state index contributed by atoms with van der Waals surface area (Å²) in [4.78, 5) is 14.1. The SMILES string of the molecule is C[C@H](NC(=O)C1CN(CCO)C1)c1c(O)ccc(Cl)c1Cl. The highest BCUT2D eigenvalue weighted by Crippen LogP contribution is 2.36. The number of phenolic OH excluding ortho intramolecular Hbond substituents is 1. The molecular formula is C14H18Cl2N2O3. The van der Waals surface area contributed by atoms with Gasteiger partial charge in [-0.05, 0) is 19.1 Å². The number of phenols is 1. The van der Waals surface area contributed by atoms with Gasteiger partial charge in [0.1, 0.15) is 5.75 Å². The van der Waals surface area contributed by atoms with E-state index in [0.717, 1.165) is 0 Å². The average Bonchev–Trinajstić information content (AvgIpc) is 2.38. The van der Waals surface area contributed by atoms with Crippen LogP contribution in [0.4, 0.5) is 0 Å². The number of halogens is 2. The fourth-order valence-corrected chi connectivity index (χ4v) is 2.92. The summed E-state index contributed by atoms with van der Waals surface area (Å²) in [7, 11) is 0. The van der Waals surface area contributed by atoms with Gasteiger partial charge in [-0.1, -0.05) is 23.2 Å². The van der Waals surface area contributed by atoms with E-state index >= 15 is 0 Å². The highest BCUT2D eigenvalue weighted by molar-refractivity contribution is 6.42. The Balaban J connectivity index is 1.98. The Morgan fingerprint density at radius 1 is 1.48 bits per heavy atom. The Hall–Kier alpha value is -1.01. The number of aromatic hydroxyl groups is 1. The number of aliphatic hydroxyl groups is 1. The molecule has 0 spiro atoms. The highest BCUT2D eigenvalue weighted by Gasteiger charge is 2.33. The maximum Gasteiger partial charge on any atom is 0.226 e. The van der Waals surface area contributed by atoms with Crippen molar-refractivity contribution >= 4 is 29.1 Å². The summed E-state index contributed by atoms with van der Waals surface area (Å²) in [6.45, 7) is 3.69. The zero-order valence-electron chi connectivity index (χ0n) is 11.6. The molecule has 1 amide bonds. The molecule has 5 nitrogen and oxygen atoms in total. The Kier molecular flexibility index (Phi) is 5.32. The normalized spacial score (nSPS) is 17.3. The number of amides is 1. The molecule has 0 radical (unpaired) electrons. The van der Waals surface area contributed by atoms with Crippen molar-refractivity contribution in [1.29, 1.82) is 0 Å². The lowest BCUT2D eigenvalue weighted by molar-refractivity contribution is -0.131. The van der Waals surface area contributed by atoms with Crippen molar-refractivity contribution in [1.82, 2.24) is 10.2 Å². The van der Waals surface area contributed by atoms with E-state index in [9.17, 15) is 9.90 Å². The van der Waals surface area contributed by atoms with Crippen LogP contribution in [-0.4, -0.2) is 47.3 Å². The summed E-state index contributed by atoms with van der Waals surface area (Å²) in [5.41, 5.74) is 0.420. The zero-order valence-corrected chi connectivity index (χ0v) is 13.2. The number of β-amino-alcohol motifs (C(OH)–C–C–N with tert-alkyl or cyclic N) is 1. The number of benzene rings is 1. The second-order valence-electron chi connectivity index (χ2n) is 5.20. The Bertz CT molecular complexity index is 533. The Morgan fingerprint density at radius 2 is 2.14 bits per heavy atom. The number of hydrogen-bond acceptors (Lipinski definition) is 4. The van der Waals surface area contributed by atoms with Crippen molar-refractivity contribution in [3.63, 3.8) is 0 Å². The molecule has 1 atom stereocenters. The lowest BCUT2D eigenvalue weighted by Crippen LogP contribution is -2.54. The van der Waals surface area contributed by atoms with Crippen LogP contribution < -0.4 is 5.32 Å². The van der Waals surface area contributed by atoms with Crippen molar-refractivity contribution in [2.45, 2.75) is 13.0 Å². The second kappa shape index (κ2) is 6.83. The predicted molar refractivity (Wildman–Crippen MR) is 81.7 cm³/mol. The van der Waals surface area contributed by atoms with Gasteiger partial charge >= 0.3 is 0 Å². The third kappa shape index (κ3) is 3.61. The van der Waals surface area contributed by atoms with Crippen molar-refractivity contribution in [2.24, 2.45) is 5.92 Å². The van der Waals surface area contributed by atoms with Gasteiger partial charge in [0.15, 0.2) is 0 Å². The Morgan fingerprint density at radius 3 is 2.76 bits per heavy atom. The molecule has 1 aromatic rings. The van der Waals surface area contributed by atoms with Crippen LogP contribution in [0, 0.1) is 5.92 Å². The second-order valence-corrected chi connectivity index (χ2v) is 5.99. The van der Waals surface area contributed by atoms with Crippen LogP contribution in [0.2, 0.25) is 10.0 Å². The highest BCUT2D eigenvalue weighted by atomic mass is 35.5. The van der Waals surface area contributed by atoms with E-state index in [1.54, 1.807) is 6.92 Å². The van der Waals surface area contributed by atoms with Crippen molar-refractivity contribution in [2.75, 3.05) is 26.2 Å². The number of hydrogen-bond donors (Lipinski definition) is 3. The minimum Gasteiger partial charge on any atom is -0.508 e. The number of likely N-dealkylation sites (tertiary alicyclic amines) is 1. The average molecular weight is 333 g/mol. The maximum atomic E-state index is 12.1. The van der Waals surface area contributed by atoms with Crippen LogP contribution in [0.25, 0.3) is 0 Å². The standard InChI is InChI=1S/C14H18Cl2N2O3/c1-8(12-11(20)3-2-10(15)13(12)16)17-14(21)9-6-18(7-9)4-5-19/h2-3,8-9,19-20H,4-7H2,1H3,(H,17,21)/t8-/m0/s1. The minimum absolute atomic E-state index is 0.00714. The molecule has 116 valence electrons. The van der Waals surface area contributed by atoms with E-state index in [1.165, 1.54) is 12.1 Å². The number of aliphatic hydroxyl groups excluding tert-OH is 1. The van der Waals surface area contributed by atoms with E-state index in [0.29, 0.717) is 30.2 Å². The number of carbonyl (C=O) groups excluding carboxylic acids is 1. The van der Waals surface area contributed by atoms with Gasteiger partial charge in [-0.25, -0.2) is 0 Å². The van der Waals surface area contributed by atoms with E-state index in [2.05, 4.69) is 5.32 Å². The first-order valence-corrected chi connectivity index (χ1v) is 7.50. The lowest BCUT2D eigenvalue weighted by atomic mass is 9.98. The van der Waals surface area contributed by atoms with Crippen LogP contribution in [0.15, 0.2) is 12.1 Å². The summed E-state index contributed by atoms with van der Waals surface area (Å²) in [5, 5.41) is 22.1. The van der Waals surface area contributed by atoms with Crippen molar-refractivity contribution in [3.8, 4) is 5.75 Å². The van der Waals surface area contributed by atoms with E-state index < -0.39 is 6.04 Å². The lowest BCUT2D eigenvalue weighted by Gasteiger charge is -2.38. The quantitative estimate of drug-likeness (QED) is 0.768. The molecule has 7 heteroatoms. The molecule has 1 saturated heterocycles. The molecule has 0 saturated carbocycles. The van der Waals surface area contributed by atoms with E-state index in [4.69, 9.17) is 28.3 Å². The van der Waals surface area contributed by atoms with Crippen LogP contribution in [0.5, 0.6) is 5.75 Å². The molecule has 0 aromatic heterocycles. The van der Waals surface area contributed by atoms with Gasteiger partial charge in [0.2, 0.25) is 5.91 Å². The summed E-state index contributed by atoms with van der Waals surface area (Å²) in [6, 6.07) is 2.53. The van der Waals surface area contributed by atoms with Gasteiger partial charge in [-0.3, -0.25) is 9.69 Å². The topological polar surface area (TPSA) is 72.8 Å². The number of nitrogens with zero attached hydrogens (tertiary/aromatic N) is 1. The van der Waals surface area contributed by atoms with Gasteiger partial charge < -0.3 is 15.5 Å². The van der Waals surface area contributed by atoms with Gasteiger partial charge in [0.25, 0.3) is 0 Å². The maximum absolute atomic E-state index is 12.1. The molecule has 1 aliphatic heterocycles. The first kappa shape index (κ1) is 16.4. The van der Waals surface area contributed by atoms with Gasteiger partial charge in [0, 0.05) is 25.2 Å². The molecule has 0 bridgehead atoms. The molecule has 3 N–H and O–H groups in total. The molecule has 1 heterocycles. The van der Waals surface area contributed by atoms with Crippen LogP contribution in [0.3, 0.4) is 0 Å². The fraction of sp³-hybridized carbons (Fsp3) is 0.500. The fourth-order valence-electron chi connectivity index (χ4n) is 2.43. The molecule has 1 fully saturated rings. The zero-order chi connectivity index (χ0) is 15.6. The van der Waals surface area contributed by atoms with Crippen LogP contribution in [0.1, 0.15) is 18.5 Å². The van der Waals surface area contributed by atoms with Crippen LogP contribution in [-0.2, 0) is 4.79 Å². The third-order valence-electron chi connectivity index (χ3n) is 3.65. The van der Waals surface area contributed by atoms with Crippen LogP contribution >= 0.6 is 23.2 Å².